The Morgan fingerprint density at radius 2 is 1.72 bits per heavy atom. The van der Waals surface area contributed by atoms with Gasteiger partial charge in [0.25, 0.3) is 0 Å². The van der Waals surface area contributed by atoms with Crippen molar-refractivity contribution in [2.24, 2.45) is 17.3 Å². The van der Waals surface area contributed by atoms with Crippen molar-refractivity contribution in [1.82, 2.24) is 0 Å². The van der Waals surface area contributed by atoms with Gasteiger partial charge >= 0.3 is 0 Å². The van der Waals surface area contributed by atoms with Crippen LogP contribution in [-0.2, 0) is 0 Å². The number of aliphatic hydroxyl groups is 3. The molecular formula is C29H46O3. The molecule has 3 nitrogen and oxygen atoms in total. The minimum atomic E-state index is -0.668. The van der Waals surface area contributed by atoms with E-state index in [9.17, 15) is 15.3 Å². The quantitative estimate of drug-likeness (QED) is 0.400. The predicted molar refractivity (Wildman–Crippen MR) is 133 cm³/mol. The highest BCUT2D eigenvalue weighted by Gasteiger charge is 2.41. The molecule has 1 unspecified atom stereocenters. The van der Waals surface area contributed by atoms with Crippen LogP contribution in [-0.4, -0.2) is 33.1 Å². The second kappa shape index (κ2) is 11.3. The molecule has 0 saturated heterocycles. The van der Waals surface area contributed by atoms with Gasteiger partial charge in [-0.1, -0.05) is 68.4 Å². The van der Waals surface area contributed by atoms with Gasteiger partial charge in [0.05, 0.1) is 17.8 Å². The van der Waals surface area contributed by atoms with E-state index in [1.54, 1.807) is 5.57 Å². The summed E-state index contributed by atoms with van der Waals surface area (Å²) in [6.07, 6.45) is 24.6. The third kappa shape index (κ3) is 6.92. The van der Waals surface area contributed by atoms with E-state index in [0.29, 0.717) is 30.6 Å². The normalized spacial score (nSPS) is 34.2. The molecule has 3 fully saturated rings. The molecule has 3 aliphatic carbocycles. The third-order valence-corrected chi connectivity index (χ3v) is 8.54. The Bertz CT molecular complexity index is 715. The first-order chi connectivity index (χ1) is 15.3. The van der Waals surface area contributed by atoms with E-state index in [0.717, 1.165) is 18.8 Å². The van der Waals surface area contributed by atoms with E-state index in [1.165, 1.54) is 50.5 Å². The molecule has 0 aromatic carbocycles. The number of aliphatic hydroxyl groups excluding tert-OH is 2. The lowest BCUT2D eigenvalue weighted by molar-refractivity contribution is 0.0609. The highest BCUT2D eigenvalue weighted by molar-refractivity contribution is 5.23. The molecule has 0 aromatic rings. The summed E-state index contributed by atoms with van der Waals surface area (Å²) in [5.41, 5.74) is 2.56. The first-order valence-corrected chi connectivity index (χ1v) is 13.1. The van der Waals surface area contributed by atoms with Gasteiger partial charge in [0.1, 0.15) is 0 Å². The number of rotatable bonds is 7. The van der Waals surface area contributed by atoms with Gasteiger partial charge in [0, 0.05) is 0 Å². The van der Waals surface area contributed by atoms with Crippen LogP contribution >= 0.6 is 0 Å². The topological polar surface area (TPSA) is 60.7 Å². The zero-order valence-corrected chi connectivity index (χ0v) is 20.6. The summed E-state index contributed by atoms with van der Waals surface area (Å²) in [6, 6.07) is 0. The van der Waals surface area contributed by atoms with Gasteiger partial charge in [-0.15, -0.1) is 0 Å². The largest absolute Gasteiger partial charge is 0.393 e. The Balaban J connectivity index is 1.56. The third-order valence-electron chi connectivity index (χ3n) is 8.54. The fraction of sp³-hybridized carbons (Fsp3) is 0.724. The second-order valence-corrected chi connectivity index (χ2v) is 11.0. The molecule has 0 radical (unpaired) electrons. The van der Waals surface area contributed by atoms with Gasteiger partial charge in [-0.05, 0) is 94.3 Å². The number of hydrogen-bond donors (Lipinski definition) is 3. The molecule has 32 heavy (non-hydrogen) atoms. The van der Waals surface area contributed by atoms with Crippen molar-refractivity contribution in [2.45, 2.75) is 116 Å². The maximum Gasteiger partial charge on any atom is 0.0825 e. The van der Waals surface area contributed by atoms with Gasteiger partial charge in [-0.3, -0.25) is 0 Å². The first-order valence-electron chi connectivity index (χ1n) is 13.1. The van der Waals surface area contributed by atoms with Crippen LogP contribution in [0.15, 0.2) is 47.6 Å². The van der Waals surface area contributed by atoms with Crippen molar-refractivity contribution < 1.29 is 15.3 Å². The highest BCUT2D eigenvalue weighted by atomic mass is 16.3. The lowest BCUT2D eigenvalue weighted by atomic mass is 9.70. The molecule has 5 atom stereocenters. The summed E-state index contributed by atoms with van der Waals surface area (Å²) in [5, 5.41) is 30.3. The maximum absolute atomic E-state index is 10.4. The van der Waals surface area contributed by atoms with E-state index >= 15 is 0 Å². The standard InChI is InChI=1S/C29H46O3/c1-4-29(32,5-2)15-7-6-9-22(3)25-13-16-28(21-25)14-8-10-23(20-28)11-12-24-17-26(30)19-27(31)18-24/h6-7,9,11-12,15,22,25-27,30-32H,4-5,8,10,13-14,16-21H2,1-3H3/b9-6-,15-7+,23-11+/t22?,25-,26-,27-,28-/m1/s1. The Morgan fingerprint density at radius 1 is 1.03 bits per heavy atom. The van der Waals surface area contributed by atoms with Crippen LogP contribution in [0, 0.1) is 17.3 Å². The summed E-state index contributed by atoms with van der Waals surface area (Å²) in [4.78, 5) is 0. The zero-order chi connectivity index (χ0) is 23.2. The Hall–Kier alpha value is -1.16. The van der Waals surface area contributed by atoms with Gasteiger partial charge in [-0.2, -0.15) is 0 Å². The summed E-state index contributed by atoms with van der Waals surface area (Å²) in [5.74, 6) is 1.31. The average molecular weight is 443 g/mol. The minimum absolute atomic E-state index is 0.390. The van der Waals surface area contributed by atoms with Crippen LogP contribution in [0.25, 0.3) is 0 Å². The van der Waals surface area contributed by atoms with Crippen molar-refractivity contribution in [2.75, 3.05) is 0 Å². The van der Waals surface area contributed by atoms with Crippen molar-refractivity contribution >= 4 is 0 Å². The van der Waals surface area contributed by atoms with Crippen LogP contribution in [0.3, 0.4) is 0 Å². The number of hydrogen-bond acceptors (Lipinski definition) is 3. The highest BCUT2D eigenvalue weighted by Crippen LogP contribution is 2.54. The summed E-state index contributed by atoms with van der Waals surface area (Å²) < 4.78 is 0. The Labute approximate surface area is 196 Å². The van der Waals surface area contributed by atoms with Crippen molar-refractivity contribution in [3.8, 4) is 0 Å². The molecule has 0 aromatic heterocycles. The SMILES string of the molecule is CCC(O)(/C=C/C=C\C(C)[C@@H]1CC[C@@]2(CCC/C(=C\C=C3C[C@@H](O)C[C@H](O)C3)C2)C1)CC. The van der Waals surface area contributed by atoms with Crippen molar-refractivity contribution in [1.29, 1.82) is 0 Å². The maximum atomic E-state index is 10.4. The summed E-state index contributed by atoms with van der Waals surface area (Å²) in [6.45, 7) is 6.41. The van der Waals surface area contributed by atoms with E-state index in [-0.39, 0.29) is 12.2 Å². The molecule has 0 aliphatic heterocycles. The predicted octanol–water partition coefficient (Wildman–Crippen LogP) is 6.41. The van der Waals surface area contributed by atoms with E-state index in [1.807, 2.05) is 26.0 Å². The minimum Gasteiger partial charge on any atom is -0.393 e. The Kier molecular flexibility index (Phi) is 9.00. The molecular weight excluding hydrogens is 396 g/mol. The molecule has 0 bridgehead atoms. The van der Waals surface area contributed by atoms with Crippen LogP contribution < -0.4 is 0 Å². The van der Waals surface area contributed by atoms with Crippen LogP contribution in [0.1, 0.15) is 97.8 Å². The molecule has 3 heteroatoms. The average Bonchev–Trinajstić information content (AvgIpc) is 3.17. The number of allylic oxidation sites excluding steroid dienone is 6. The van der Waals surface area contributed by atoms with Crippen LogP contribution in [0.2, 0.25) is 0 Å². The molecule has 3 aliphatic rings. The van der Waals surface area contributed by atoms with E-state index < -0.39 is 5.60 Å². The molecule has 0 amide bonds. The molecule has 1 spiro atoms. The van der Waals surface area contributed by atoms with Gasteiger partial charge in [0.2, 0.25) is 0 Å². The molecule has 3 N–H and O–H groups in total. The second-order valence-electron chi connectivity index (χ2n) is 11.0. The van der Waals surface area contributed by atoms with Crippen LogP contribution in [0.5, 0.6) is 0 Å². The van der Waals surface area contributed by atoms with E-state index in [2.05, 4.69) is 31.2 Å². The monoisotopic (exact) mass is 442 g/mol. The first kappa shape index (κ1) is 25.5. The lowest BCUT2D eigenvalue weighted by Gasteiger charge is -2.35. The van der Waals surface area contributed by atoms with Crippen molar-refractivity contribution in [3.63, 3.8) is 0 Å². The smallest absolute Gasteiger partial charge is 0.0825 e. The van der Waals surface area contributed by atoms with E-state index in [4.69, 9.17) is 0 Å². The lowest BCUT2D eigenvalue weighted by Crippen LogP contribution is -2.25. The Morgan fingerprint density at radius 3 is 2.41 bits per heavy atom. The summed E-state index contributed by atoms with van der Waals surface area (Å²) >= 11 is 0. The van der Waals surface area contributed by atoms with Gasteiger partial charge < -0.3 is 15.3 Å². The molecule has 3 rings (SSSR count). The molecule has 0 heterocycles. The fourth-order valence-corrected chi connectivity index (χ4v) is 6.24. The zero-order valence-electron chi connectivity index (χ0n) is 20.6. The van der Waals surface area contributed by atoms with Gasteiger partial charge in [-0.25, -0.2) is 0 Å². The molecule has 3 saturated carbocycles. The van der Waals surface area contributed by atoms with Gasteiger partial charge in [0.15, 0.2) is 0 Å². The fourth-order valence-electron chi connectivity index (χ4n) is 6.24. The summed E-state index contributed by atoms with van der Waals surface area (Å²) in [7, 11) is 0. The molecule has 180 valence electrons. The van der Waals surface area contributed by atoms with Crippen molar-refractivity contribution in [3.05, 3.63) is 47.6 Å². The van der Waals surface area contributed by atoms with Crippen LogP contribution in [0.4, 0.5) is 0 Å².